The average Bonchev–Trinajstić information content (AvgIpc) is 3.42. The molecule has 0 spiro atoms. The molecule has 0 bridgehead atoms. The first-order valence-corrected chi connectivity index (χ1v) is 34.8. The number of hydrogen-bond acceptors (Lipinski definition) is 12. The highest BCUT2D eigenvalue weighted by atomic mass is 32.1. The number of ether oxygens (including phenoxy) is 2. The van der Waals surface area contributed by atoms with Gasteiger partial charge in [0.2, 0.25) is 0 Å². The average molecular weight is 1140 g/mol. The van der Waals surface area contributed by atoms with Crippen molar-refractivity contribution in [2.24, 2.45) is 0 Å². The van der Waals surface area contributed by atoms with Gasteiger partial charge in [-0.05, 0) is 88.9 Å². The molecule has 12 heteroatoms. The van der Waals surface area contributed by atoms with Gasteiger partial charge in [-0.25, -0.2) is 0 Å². The molecule has 1 heterocycles. The summed E-state index contributed by atoms with van der Waals surface area (Å²) in [5, 5.41) is 45.5. The molecule has 1 aliphatic heterocycles. The maximum absolute atomic E-state index is 11.0. The first kappa shape index (κ1) is 75.5. The van der Waals surface area contributed by atoms with Crippen molar-refractivity contribution in [3.05, 3.63) is 0 Å². The molecule has 78 heavy (non-hydrogen) atoms. The van der Waals surface area contributed by atoms with Crippen LogP contribution in [0.2, 0.25) is 0 Å². The van der Waals surface area contributed by atoms with Crippen LogP contribution in [0.25, 0.3) is 0 Å². The van der Waals surface area contributed by atoms with Crippen LogP contribution in [0.4, 0.5) is 0 Å². The minimum Gasteiger partial charge on any atom is -0.486 e. The zero-order chi connectivity index (χ0) is 56.8. The Kier molecular flexibility index (Phi) is 55.1. The molecule has 0 aromatic carbocycles. The minimum absolute atomic E-state index is 0.343. The van der Waals surface area contributed by atoms with Crippen LogP contribution in [0.5, 0.6) is 0 Å². The van der Waals surface area contributed by atoms with E-state index in [4.69, 9.17) is 33.9 Å². The van der Waals surface area contributed by atoms with E-state index in [0.29, 0.717) is 49.5 Å². The SMILES string of the molecule is CCCCCCCCCCC(O)CN(CCCCC(=S)OCCN1CCN(CCOC(=S)CCCCN(CC(O)CCCCCCCCCC)CC(O)CCCCCCCCCC)CC1)CC(O)CCCCCCCCCC. The van der Waals surface area contributed by atoms with Gasteiger partial charge in [-0.1, -0.05) is 233 Å². The van der Waals surface area contributed by atoms with E-state index < -0.39 is 0 Å². The van der Waals surface area contributed by atoms with Gasteiger partial charge < -0.3 is 29.9 Å². The van der Waals surface area contributed by atoms with E-state index in [2.05, 4.69) is 47.3 Å². The van der Waals surface area contributed by atoms with Crippen LogP contribution in [0.1, 0.15) is 297 Å². The Balaban J connectivity index is 2.36. The molecular weight excluding hydrogens is 1010 g/mol. The Morgan fingerprint density at radius 2 is 0.577 bits per heavy atom. The molecule has 0 amide bonds. The van der Waals surface area contributed by atoms with Gasteiger partial charge in [0.25, 0.3) is 0 Å². The molecule has 0 aromatic heterocycles. The molecule has 0 aromatic rings. The Hall–Kier alpha value is -0.540. The molecule has 10 nitrogen and oxygen atoms in total. The van der Waals surface area contributed by atoms with Gasteiger partial charge in [-0.2, -0.15) is 0 Å². The monoisotopic (exact) mass is 1140 g/mol. The topological polar surface area (TPSA) is 112 Å². The fraction of sp³-hybridized carbons (Fsp3) is 0.970. The lowest BCUT2D eigenvalue weighted by Crippen LogP contribution is -2.48. The van der Waals surface area contributed by atoms with Crippen LogP contribution in [0, 0.1) is 0 Å². The third kappa shape index (κ3) is 50.0. The number of aliphatic hydroxyl groups excluding tert-OH is 4. The normalized spacial score (nSPS) is 15.1. The summed E-state index contributed by atoms with van der Waals surface area (Å²) in [6.07, 6.45) is 48.1. The molecule has 464 valence electrons. The third-order valence-electron chi connectivity index (χ3n) is 16.5. The van der Waals surface area contributed by atoms with E-state index in [1.807, 2.05) is 0 Å². The van der Waals surface area contributed by atoms with Crippen LogP contribution >= 0.6 is 24.4 Å². The van der Waals surface area contributed by atoms with Crippen LogP contribution in [0.15, 0.2) is 0 Å². The summed E-state index contributed by atoms with van der Waals surface area (Å²) >= 11 is 11.3. The summed E-state index contributed by atoms with van der Waals surface area (Å²) < 4.78 is 12.1. The summed E-state index contributed by atoms with van der Waals surface area (Å²) in [6.45, 7) is 20.4. The third-order valence-corrected chi connectivity index (χ3v) is 17.1. The fourth-order valence-corrected chi connectivity index (χ4v) is 11.7. The standard InChI is InChI=1S/C66H132N4O6S2/c1-5-9-13-17-21-25-29-33-41-61(71)57-69(58-62(72)42-34-30-26-22-18-14-10-6-2)47-39-37-45-65(77)75-55-53-67-49-51-68(52-50-67)54-56-76-66(78)46-38-40-48-70(59-63(73)43-35-31-27-23-19-15-11-7-3)60-64(74)44-36-32-28-24-20-16-12-8-4/h61-64,71-74H,5-60H2,1-4H3. The van der Waals surface area contributed by atoms with Gasteiger partial charge in [0.1, 0.15) is 13.2 Å². The van der Waals surface area contributed by atoms with E-state index in [-0.39, 0.29) is 24.4 Å². The van der Waals surface area contributed by atoms with Crippen molar-refractivity contribution in [3.8, 4) is 0 Å². The first-order chi connectivity index (χ1) is 38.1. The van der Waals surface area contributed by atoms with E-state index >= 15 is 0 Å². The molecule has 1 aliphatic rings. The second-order valence-electron chi connectivity index (χ2n) is 24.2. The van der Waals surface area contributed by atoms with E-state index in [1.54, 1.807) is 0 Å². The number of nitrogens with zero attached hydrogens (tertiary/aromatic N) is 4. The largest absolute Gasteiger partial charge is 0.486 e. The fourth-order valence-electron chi connectivity index (χ4n) is 11.3. The van der Waals surface area contributed by atoms with Crippen molar-refractivity contribution >= 4 is 34.5 Å². The lowest BCUT2D eigenvalue weighted by molar-refractivity contribution is 0.0592. The van der Waals surface area contributed by atoms with Crippen molar-refractivity contribution < 1.29 is 29.9 Å². The molecule has 1 rings (SSSR count). The zero-order valence-electron chi connectivity index (χ0n) is 52.1. The number of piperazine rings is 1. The summed E-state index contributed by atoms with van der Waals surface area (Å²) in [4.78, 5) is 9.55. The Morgan fingerprint density at radius 3 is 0.821 bits per heavy atom. The predicted octanol–water partition coefficient (Wildman–Crippen LogP) is 15.8. The lowest BCUT2D eigenvalue weighted by atomic mass is 10.0. The van der Waals surface area contributed by atoms with Crippen LogP contribution in [-0.4, -0.2) is 166 Å². The molecule has 4 atom stereocenters. The zero-order valence-corrected chi connectivity index (χ0v) is 53.8. The predicted molar refractivity (Wildman–Crippen MR) is 343 cm³/mol. The summed E-state index contributed by atoms with van der Waals surface area (Å²) in [6, 6.07) is 0. The number of thiocarbonyl (C=S) groups is 2. The second kappa shape index (κ2) is 56.9. The smallest absolute Gasteiger partial charge is 0.159 e. The van der Waals surface area contributed by atoms with Crippen LogP contribution < -0.4 is 0 Å². The van der Waals surface area contributed by atoms with Crippen molar-refractivity contribution in [1.29, 1.82) is 0 Å². The van der Waals surface area contributed by atoms with Crippen molar-refractivity contribution in [2.75, 3.05) is 91.8 Å². The molecule has 0 radical (unpaired) electrons. The molecule has 4 unspecified atom stereocenters. The van der Waals surface area contributed by atoms with E-state index in [1.165, 1.54) is 180 Å². The van der Waals surface area contributed by atoms with Gasteiger partial charge in [0.05, 0.1) is 24.4 Å². The minimum atomic E-state index is -0.343. The van der Waals surface area contributed by atoms with Gasteiger partial charge >= 0.3 is 0 Å². The van der Waals surface area contributed by atoms with Gasteiger partial charge in [0.15, 0.2) is 10.1 Å². The van der Waals surface area contributed by atoms with Gasteiger partial charge in [-0.3, -0.25) is 19.6 Å². The Labute approximate surface area is 495 Å². The highest BCUT2D eigenvalue weighted by Gasteiger charge is 2.20. The van der Waals surface area contributed by atoms with Crippen LogP contribution in [0.3, 0.4) is 0 Å². The number of unbranched alkanes of at least 4 members (excludes halogenated alkanes) is 30. The van der Waals surface area contributed by atoms with Gasteiger partial charge in [-0.15, -0.1) is 0 Å². The van der Waals surface area contributed by atoms with Gasteiger partial charge in [0, 0.05) is 78.3 Å². The quantitative estimate of drug-likeness (QED) is 0.0344. The van der Waals surface area contributed by atoms with Crippen LogP contribution in [-0.2, 0) is 9.47 Å². The molecule has 0 aliphatic carbocycles. The number of rotatable bonds is 60. The molecule has 1 fully saturated rings. The summed E-state index contributed by atoms with van der Waals surface area (Å²) in [5.41, 5.74) is 0. The molecule has 4 N–H and O–H groups in total. The number of hydrogen-bond donors (Lipinski definition) is 4. The number of aliphatic hydroxyl groups is 4. The highest BCUT2D eigenvalue weighted by Crippen LogP contribution is 2.18. The Morgan fingerprint density at radius 1 is 0.346 bits per heavy atom. The lowest BCUT2D eigenvalue weighted by Gasteiger charge is -2.34. The van der Waals surface area contributed by atoms with E-state index in [0.717, 1.165) is 142 Å². The second-order valence-corrected chi connectivity index (χ2v) is 25.1. The molecule has 1 saturated heterocycles. The maximum Gasteiger partial charge on any atom is 0.159 e. The molecular formula is C66H132N4O6S2. The van der Waals surface area contributed by atoms with E-state index in [9.17, 15) is 20.4 Å². The van der Waals surface area contributed by atoms with Crippen molar-refractivity contribution in [3.63, 3.8) is 0 Å². The Bertz CT molecular complexity index is 1130. The summed E-state index contributed by atoms with van der Waals surface area (Å²) in [7, 11) is 0. The maximum atomic E-state index is 11.0. The highest BCUT2D eigenvalue weighted by molar-refractivity contribution is 7.80. The summed E-state index contributed by atoms with van der Waals surface area (Å²) in [5.74, 6) is 0. The first-order valence-electron chi connectivity index (χ1n) is 34.0. The van der Waals surface area contributed by atoms with Crippen molar-refractivity contribution in [2.45, 2.75) is 322 Å². The molecule has 0 saturated carbocycles. The van der Waals surface area contributed by atoms with Crippen molar-refractivity contribution in [1.82, 2.24) is 19.6 Å².